The summed E-state index contributed by atoms with van der Waals surface area (Å²) in [5.74, 6) is 0. The smallest absolute Gasteiger partial charge is 0.0346 e. The van der Waals surface area contributed by atoms with Gasteiger partial charge in [0.05, 0.1) is 0 Å². The SMILES string of the molecule is C=CCCC[C@@H](C)NCc1ccc2cnccc2c1. The molecule has 2 nitrogen and oxygen atoms in total. The van der Waals surface area contributed by atoms with Crippen LogP contribution < -0.4 is 5.32 Å². The lowest BCUT2D eigenvalue weighted by molar-refractivity contribution is 0.500. The van der Waals surface area contributed by atoms with E-state index in [2.05, 4.69) is 48.1 Å². The van der Waals surface area contributed by atoms with Gasteiger partial charge in [0.25, 0.3) is 0 Å². The van der Waals surface area contributed by atoms with Crippen molar-refractivity contribution in [1.29, 1.82) is 0 Å². The molecule has 0 aliphatic heterocycles. The lowest BCUT2D eigenvalue weighted by Crippen LogP contribution is -2.25. The van der Waals surface area contributed by atoms with Gasteiger partial charge in [0.15, 0.2) is 0 Å². The third kappa shape index (κ3) is 4.18. The van der Waals surface area contributed by atoms with E-state index in [1.165, 1.54) is 29.2 Å². The number of nitrogens with one attached hydrogen (secondary N) is 1. The van der Waals surface area contributed by atoms with Gasteiger partial charge < -0.3 is 5.32 Å². The first-order valence-corrected chi connectivity index (χ1v) is 6.96. The van der Waals surface area contributed by atoms with Crippen LogP contribution in [0.25, 0.3) is 10.8 Å². The molecule has 2 aromatic rings. The summed E-state index contributed by atoms with van der Waals surface area (Å²) < 4.78 is 0. The average Bonchev–Trinajstić information content (AvgIpc) is 2.45. The molecule has 0 amide bonds. The van der Waals surface area contributed by atoms with Crippen molar-refractivity contribution < 1.29 is 0 Å². The largest absolute Gasteiger partial charge is 0.310 e. The fourth-order valence-corrected chi connectivity index (χ4v) is 2.21. The van der Waals surface area contributed by atoms with Crippen molar-refractivity contribution in [3.8, 4) is 0 Å². The van der Waals surface area contributed by atoms with Gasteiger partial charge >= 0.3 is 0 Å². The summed E-state index contributed by atoms with van der Waals surface area (Å²) in [7, 11) is 0. The highest BCUT2D eigenvalue weighted by Gasteiger charge is 2.01. The molecule has 0 spiro atoms. The standard InChI is InChI=1S/C17H22N2/c1-3-4-5-6-14(2)19-12-15-7-8-17-13-18-10-9-16(17)11-15/h3,7-11,13-14,19H,1,4-6,12H2,2H3/t14-/m1/s1. The Kier molecular flexibility index (Phi) is 5.10. The van der Waals surface area contributed by atoms with E-state index >= 15 is 0 Å². The highest BCUT2D eigenvalue weighted by atomic mass is 14.9. The Labute approximate surface area is 115 Å². The van der Waals surface area contributed by atoms with Crippen LogP contribution in [0.1, 0.15) is 31.7 Å². The van der Waals surface area contributed by atoms with E-state index in [-0.39, 0.29) is 0 Å². The number of benzene rings is 1. The third-order valence-corrected chi connectivity index (χ3v) is 3.41. The van der Waals surface area contributed by atoms with Crippen LogP contribution in [0, 0.1) is 0 Å². The molecular formula is C17H22N2. The molecule has 1 atom stereocenters. The highest BCUT2D eigenvalue weighted by molar-refractivity contribution is 5.81. The van der Waals surface area contributed by atoms with Gasteiger partial charge in [-0.1, -0.05) is 18.2 Å². The van der Waals surface area contributed by atoms with Crippen molar-refractivity contribution in [3.05, 3.63) is 54.9 Å². The number of rotatable bonds is 7. The number of hydrogen-bond donors (Lipinski definition) is 1. The number of hydrogen-bond acceptors (Lipinski definition) is 2. The molecule has 0 bridgehead atoms. The van der Waals surface area contributed by atoms with Crippen LogP contribution >= 0.6 is 0 Å². The minimum absolute atomic E-state index is 0.549. The summed E-state index contributed by atoms with van der Waals surface area (Å²) in [6.07, 6.45) is 9.26. The van der Waals surface area contributed by atoms with Crippen molar-refractivity contribution in [2.45, 2.75) is 38.8 Å². The maximum atomic E-state index is 4.13. The molecule has 1 N–H and O–H groups in total. The summed E-state index contributed by atoms with van der Waals surface area (Å²) >= 11 is 0. The maximum absolute atomic E-state index is 4.13. The first kappa shape index (κ1) is 13.8. The normalized spacial score (nSPS) is 12.5. The number of unbranched alkanes of at least 4 members (excludes halogenated alkanes) is 1. The zero-order valence-electron chi connectivity index (χ0n) is 11.6. The second-order valence-corrected chi connectivity index (χ2v) is 5.06. The Balaban J connectivity index is 1.88. The lowest BCUT2D eigenvalue weighted by Gasteiger charge is -2.13. The number of aromatic nitrogens is 1. The number of nitrogens with zero attached hydrogens (tertiary/aromatic N) is 1. The average molecular weight is 254 g/mol. The maximum Gasteiger partial charge on any atom is 0.0346 e. The van der Waals surface area contributed by atoms with Crippen molar-refractivity contribution >= 4 is 10.8 Å². The summed E-state index contributed by atoms with van der Waals surface area (Å²) in [6.45, 7) is 6.92. The first-order chi connectivity index (χ1) is 9.29. The zero-order chi connectivity index (χ0) is 13.5. The summed E-state index contributed by atoms with van der Waals surface area (Å²) in [4.78, 5) is 4.13. The molecule has 0 unspecified atom stereocenters. The Morgan fingerprint density at radius 1 is 1.32 bits per heavy atom. The highest BCUT2D eigenvalue weighted by Crippen LogP contribution is 2.14. The lowest BCUT2D eigenvalue weighted by atomic mass is 10.1. The van der Waals surface area contributed by atoms with E-state index in [1.807, 2.05) is 18.5 Å². The molecule has 0 radical (unpaired) electrons. The Hall–Kier alpha value is -1.67. The quantitative estimate of drug-likeness (QED) is 0.595. The Bertz CT molecular complexity index is 534. The molecule has 2 heteroatoms. The molecule has 0 aliphatic rings. The summed E-state index contributed by atoms with van der Waals surface area (Å²) in [6, 6.07) is 9.16. The minimum Gasteiger partial charge on any atom is -0.310 e. The predicted molar refractivity (Wildman–Crippen MR) is 82.1 cm³/mol. The molecular weight excluding hydrogens is 232 g/mol. The van der Waals surface area contributed by atoms with Crippen LogP contribution in [0.4, 0.5) is 0 Å². The minimum atomic E-state index is 0.549. The van der Waals surface area contributed by atoms with Crippen LogP contribution in [0.15, 0.2) is 49.3 Å². The summed E-state index contributed by atoms with van der Waals surface area (Å²) in [5, 5.41) is 6.03. The van der Waals surface area contributed by atoms with E-state index < -0.39 is 0 Å². The second-order valence-electron chi connectivity index (χ2n) is 5.06. The van der Waals surface area contributed by atoms with Gasteiger partial charge in [-0.15, -0.1) is 6.58 Å². The van der Waals surface area contributed by atoms with E-state index in [9.17, 15) is 0 Å². The van der Waals surface area contributed by atoms with Crippen molar-refractivity contribution in [1.82, 2.24) is 10.3 Å². The van der Waals surface area contributed by atoms with Gasteiger partial charge in [-0.3, -0.25) is 4.98 Å². The Morgan fingerprint density at radius 2 is 2.21 bits per heavy atom. The fourth-order valence-electron chi connectivity index (χ4n) is 2.21. The molecule has 0 saturated heterocycles. The van der Waals surface area contributed by atoms with Crippen molar-refractivity contribution in [2.24, 2.45) is 0 Å². The van der Waals surface area contributed by atoms with Crippen molar-refractivity contribution in [3.63, 3.8) is 0 Å². The van der Waals surface area contributed by atoms with Gasteiger partial charge in [0, 0.05) is 30.4 Å². The van der Waals surface area contributed by atoms with Gasteiger partial charge in [-0.05, 0) is 49.3 Å². The monoisotopic (exact) mass is 254 g/mol. The molecule has 100 valence electrons. The molecule has 1 aromatic carbocycles. The van der Waals surface area contributed by atoms with E-state index in [4.69, 9.17) is 0 Å². The van der Waals surface area contributed by atoms with Gasteiger partial charge in [-0.2, -0.15) is 0 Å². The predicted octanol–water partition coefficient (Wildman–Crippen LogP) is 4.07. The molecule has 1 heterocycles. The van der Waals surface area contributed by atoms with Gasteiger partial charge in [0.2, 0.25) is 0 Å². The zero-order valence-corrected chi connectivity index (χ0v) is 11.6. The first-order valence-electron chi connectivity index (χ1n) is 6.96. The summed E-state index contributed by atoms with van der Waals surface area (Å²) in [5.41, 5.74) is 1.33. The molecule has 2 rings (SSSR count). The van der Waals surface area contributed by atoms with Crippen molar-refractivity contribution in [2.75, 3.05) is 0 Å². The molecule has 1 aromatic heterocycles. The van der Waals surface area contributed by atoms with E-state index in [1.54, 1.807) is 0 Å². The van der Waals surface area contributed by atoms with E-state index in [0.717, 1.165) is 13.0 Å². The number of fused-ring (bicyclic) bond motifs is 1. The third-order valence-electron chi connectivity index (χ3n) is 3.41. The van der Waals surface area contributed by atoms with Crippen LogP contribution in [0.5, 0.6) is 0 Å². The molecule has 0 fully saturated rings. The van der Waals surface area contributed by atoms with Gasteiger partial charge in [0.1, 0.15) is 0 Å². The number of allylic oxidation sites excluding steroid dienone is 1. The van der Waals surface area contributed by atoms with Gasteiger partial charge in [-0.25, -0.2) is 0 Å². The molecule has 0 aliphatic carbocycles. The van der Waals surface area contributed by atoms with Crippen LogP contribution in [0.2, 0.25) is 0 Å². The topological polar surface area (TPSA) is 24.9 Å². The fraction of sp³-hybridized carbons (Fsp3) is 0.353. The van der Waals surface area contributed by atoms with Crippen LogP contribution in [0.3, 0.4) is 0 Å². The van der Waals surface area contributed by atoms with Crippen LogP contribution in [-0.4, -0.2) is 11.0 Å². The number of pyridine rings is 1. The molecule has 19 heavy (non-hydrogen) atoms. The van der Waals surface area contributed by atoms with Crippen LogP contribution in [-0.2, 0) is 6.54 Å². The molecule has 0 saturated carbocycles. The van der Waals surface area contributed by atoms with E-state index in [0.29, 0.717) is 6.04 Å². The Morgan fingerprint density at radius 3 is 3.05 bits per heavy atom. The second kappa shape index (κ2) is 7.05.